The summed E-state index contributed by atoms with van der Waals surface area (Å²) in [5, 5.41) is 0. The van der Waals surface area contributed by atoms with Crippen molar-refractivity contribution in [2.24, 2.45) is 0 Å². The quantitative estimate of drug-likeness (QED) is 0.778. The van der Waals surface area contributed by atoms with E-state index in [9.17, 15) is 4.79 Å². The average Bonchev–Trinajstić information content (AvgIpc) is 2.68. The van der Waals surface area contributed by atoms with Gasteiger partial charge in [0.15, 0.2) is 0 Å². The fraction of sp³-hybridized carbons (Fsp3) is 0.632. The van der Waals surface area contributed by atoms with Crippen LogP contribution in [0, 0.1) is 0 Å². The Morgan fingerprint density at radius 2 is 1.96 bits per heavy atom. The first-order valence-electron chi connectivity index (χ1n) is 9.02. The molecule has 0 spiro atoms. The number of hydrogen-bond donors (Lipinski definition) is 0. The van der Waals surface area contributed by atoms with E-state index >= 15 is 0 Å². The predicted molar refractivity (Wildman–Crippen MR) is 94.8 cm³/mol. The standard InChI is InChI=1S/C19H28N2O4/c1-23-19(16-25-17-6-3-2-4-7-17)8-5-9-21(15-19)18(22)14-20-10-12-24-13-11-20/h2-4,6-7H,5,8-16H2,1H3. The van der Waals surface area contributed by atoms with Gasteiger partial charge in [0, 0.05) is 26.7 Å². The van der Waals surface area contributed by atoms with Crippen LogP contribution in [0.2, 0.25) is 0 Å². The van der Waals surface area contributed by atoms with Gasteiger partial charge in [-0.05, 0) is 25.0 Å². The summed E-state index contributed by atoms with van der Waals surface area (Å²) in [6.07, 6.45) is 1.83. The Morgan fingerprint density at radius 3 is 2.68 bits per heavy atom. The van der Waals surface area contributed by atoms with Gasteiger partial charge in [-0.15, -0.1) is 0 Å². The summed E-state index contributed by atoms with van der Waals surface area (Å²) in [6.45, 7) is 5.36. The second-order valence-electron chi connectivity index (χ2n) is 6.80. The first-order valence-corrected chi connectivity index (χ1v) is 9.02. The van der Waals surface area contributed by atoms with Crippen LogP contribution in [0.4, 0.5) is 0 Å². The maximum Gasteiger partial charge on any atom is 0.236 e. The van der Waals surface area contributed by atoms with Crippen LogP contribution in [0.5, 0.6) is 5.75 Å². The van der Waals surface area contributed by atoms with E-state index in [4.69, 9.17) is 14.2 Å². The Morgan fingerprint density at radius 1 is 1.20 bits per heavy atom. The molecule has 138 valence electrons. The third-order valence-corrected chi connectivity index (χ3v) is 5.03. The van der Waals surface area contributed by atoms with E-state index in [0.717, 1.165) is 38.2 Å². The molecule has 2 heterocycles. The minimum absolute atomic E-state index is 0.169. The van der Waals surface area contributed by atoms with Gasteiger partial charge in [0.25, 0.3) is 0 Å². The molecule has 0 N–H and O–H groups in total. The number of nitrogens with zero attached hydrogens (tertiary/aromatic N) is 2. The molecule has 3 rings (SSSR count). The van der Waals surface area contributed by atoms with Gasteiger partial charge in [-0.2, -0.15) is 0 Å². The summed E-state index contributed by atoms with van der Waals surface area (Å²) in [6, 6.07) is 9.74. The Labute approximate surface area is 149 Å². The molecule has 2 fully saturated rings. The predicted octanol–water partition coefficient (Wildman–Crippen LogP) is 1.41. The van der Waals surface area contributed by atoms with E-state index in [1.165, 1.54) is 0 Å². The lowest BCUT2D eigenvalue weighted by molar-refractivity contribution is -0.145. The number of methoxy groups -OCH3 is 1. The molecule has 6 nitrogen and oxygen atoms in total. The largest absolute Gasteiger partial charge is 0.491 e. The normalized spacial score (nSPS) is 24.9. The van der Waals surface area contributed by atoms with E-state index in [1.54, 1.807) is 7.11 Å². The Hall–Kier alpha value is -1.63. The first kappa shape index (κ1) is 18.2. The number of para-hydroxylation sites is 1. The molecule has 2 aliphatic rings. The van der Waals surface area contributed by atoms with Crippen molar-refractivity contribution in [3.05, 3.63) is 30.3 Å². The smallest absolute Gasteiger partial charge is 0.236 e. The molecule has 0 radical (unpaired) electrons. The molecule has 1 atom stereocenters. The molecular weight excluding hydrogens is 320 g/mol. The zero-order valence-electron chi connectivity index (χ0n) is 15.0. The van der Waals surface area contributed by atoms with Crippen molar-refractivity contribution in [3.63, 3.8) is 0 Å². The number of benzene rings is 1. The van der Waals surface area contributed by atoms with Crippen molar-refractivity contribution in [2.45, 2.75) is 18.4 Å². The van der Waals surface area contributed by atoms with Gasteiger partial charge < -0.3 is 19.1 Å². The molecule has 1 aromatic rings. The van der Waals surface area contributed by atoms with Gasteiger partial charge >= 0.3 is 0 Å². The SMILES string of the molecule is COC1(COc2ccccc2)CCCN(C(=O)CN2CCOCC2)C1. The molecule has 1 amide bonds. The number of likely N-dealkylation sites (tertiary alicyclic amines) is 1. The number of amides is 1. The molecular formula is C19H28N2O4. The number of carbonyl (C=O) groups excluding carboxylic acids is 1. The molecule has 25 heavy (non-hydrogen) atoms. The van der Waals surface area contributed by atoms with Gasteiger partial charge in [0.1, 0.15) is 18.0 Å². The second kappa shape index (κ2) is 8.65. The summed E-state index contributed by atoms with van der Waals surface area (Å²) in [7, 11) is 1.71. The van der Waals surface area contributed by atoms with Crippen LogP contribution in [0.3, 0.4) is 0 Å². The Balaban J connectivity index is 1.56. The van der Waals surface area contributed by atoms with Gasteiger partial charge in [0.2, 0.25) is 5.91 Å². The lowest BCUT2D eigenvalue weighted by Gasteiger charge is -2.42. The van der Waals surface area contributed by atoms with E-state index in [-0.39, 0.29) is 5.91 Å². The van der Waals surface area contributed by atoms with E-state index in [0.29, 0.717) is 32.9 Å². The van der Waals surface area contributed by atoms with Gasteiger partial charge in [-0.3, -0.25) is 9.69 Å². The summed E-state index contributed by atoms with van der Waals surface area (Å²) in [5.41, 5.74) is -0.436. The highest BCUT2D eigenvalue weighted by molar-refractivity contribution is 5.78. The molecule has 2 saturated heterocycles. The van der Waals surface area contributed by atoms with Crippen LogP contribution in [0.1, 0.15) is 12.8 Å². The van der Waals surface area contributed by atoms with Crippen molar-refractivity contribution >= 4 is 5.91 Å². The third-order valence-electron chi connectivity index (χ3n) is 5.03. The fourth-order valence-corrected chi connectivity index (χ4v) is 3.44. The first-order chi connectivity index (χ1) is 12.2. The summed E-state index contributed by atoms with van der Waals surface area (Å²) in [4.78, 5) is 16.8. The summed E-state index contributed by atoms with van der Waals surface area (Å²) >= 11 is 0. The Bertz CT molecular complexity index is 548. The van der Waals surface area contributed by atoms with Gasteiger partial charge in [-0.25, -0.2) is 0 Å². The molecule has 0 aliphatic carbocycles. The fourth-order valence-electron chi connectivity index (χ4n) is 3.44. The highest BCUT2D eigenvalue weighted by Gasteiger charge is 2.38. The highest BCUT2D eigenvalue weighted by atomic mass is 16.5. The molecule has 1 unspecified atom stereocenters. The number of ether oxygens (including phenoxy) is 3. The van der Waals surface area contributed by atoms with Crippen LogP contribution in [0.15, 0.2) is 30.3 Å². The number of piperidine rings is 1. The maximum absolute atomic E-state index is 12.7. The van der Waals surface area contributed by atoms with Crippen LogP contribution in [0.25, 0.3) is 0 Å². The minimum atomic E-state index is -0.436. The van der Waals surface area contributed by atoms with Gasteiger partial charge in [-0.1, -0.05) is 18.2 Å². The lowest BCUT2D eigenvalue weighted by Crippen LogP contribution is -2.56. The van der Waals surface area contributed by atoms with Crippen molar-refractivity contribution in [1.29, 1.82) is 0 Å². The molecule has 2 aliphatic heterocycles. The molecule has 0 saturated carbocycles. The van der Waals surface area contributed by atoms with Crippen LogP contribution >= 0.6 is 0 Å². The van der Waals surface area contributed by atoms with Gasteiger partial charge in [0.05, 0.1) is 26.3 Å². The van der Waals surface area contributed by atoms with Crippen LogP contribution < -0.4 is 4.74 Å². The summed E-state index contributed by atoms with van der Waals surface area (Å²) < 4.78 is 17.1. The number of carbonyl (C=O) groups is 1. The number of morpholine rings is 1. The zero-order valence-corrected chi connectivity index (χ0v) is 15.0. The Kier molecular flexibility index (Phi) is 6.29. The monoisotopic (exact) mass is 348 g/mol. The van der Waals surface area contributed by atoms with Crippen molar-refractivity contribution in [1.82, 2.24) is 9.80 Å². The van der Waals surface area contributed by atoms with Crippen LogP contribution in [-0.2, 0) is 14.3 Å². The molecule has 0 bridgehead atoms. The molecule has 6 heteroatoms. The topological polar surface area (TPSA) is 51.2 Å². The highest BCUT2D eigenvalue weighted by Crippen LogP contribution is 2.26. The summed E-state index contributed by atoms with van der Waals surface area (Å²) in [5.74, 6) is 0.999. The van der Waals surface area contributed by atoms with Crippen LogP contribution in [-0.4, -0.2) is 81.0 Å². The van der Waals surface area contributed by atoms with E-state index in [2.05, 4.69) is 4.90 Å². The maximum atomic E-state index is 12.7. The average molecular weight is 348 g/mol. The van der Waals surface area contributed by atoms with Crippen molar-refractivity contribution < 1.29 is 19.0 Å². The molecule has 1 aromatic carbocycles. The second-order valence-corrected chi connectivity index (χ2v) is 6.80. The number of hydrogen-bond acceptors (Lipinski definition) is 5. The zero-order chi connectivity index (χ0) is 17.5. The molecule has 0 aromatic heterocycles. The van der Waals surface area contributed by atoms with Crippen molar-refractivity contribution in [3.8, 4) is 5.75 Å². The minimum Gasteiger partial charge on any atom is -0.491 e. The van der Waals surface area contributed by atoms with E-state index in [1.807, 2.05) is 35.2 Å². The number of rotatable bonds is 6. The lowest BCUT2D eigenvalue weighted by atomic mass is 9.93. The van der Waals surface area contributed by atoms with E-state index < -0.39 is 5.60 Å². The third kappa shape index (κ3) is 4.93. The van der Waals surface area contributed by atoms with Crippen molar-refractivity contribution in [2.75, 3.05) is 59.7 Å².